The Hall–Kier alpha value is -3.17. The molecule has 4 aromatic rings. The van der Waals surface area contributed by atoms with Crippen LogP contribution in [0.2, 0.25) is 5.02 Å². The average Bonchev–Trinajstić information content (AvgIpc) is 3.12. The van der Waals surface area contributed by atoms with Gasteiger partial charge in [-0.05, 0) is 54.8 Å². The van der Waals surface area contributed by atoms with Crippen molar-refractivity contribution in [1.82, 2.24) is 25.1 Å². The van der Waals surface area contributed by atoms with Gasteiger partial charge in [0.1, 0.15) is 5.82 Å². The van der Waals surface area contributed by atoms with E-state index in [0.717, 1.165) is 33.3 Å². The molecule has 0 unspecified atom stereocenters. The first-order valence-corrected chi connectivity index (χ1v) is 10.6. The number of halogens is 4. The summed E-state index contributed by atoms with van der Waals surface area (Å²) in [7, 11) is 0. The summed E-state index contributed by atoms with van der Waals surface area (Å²) in [6, 6.07) is 8.98. The first-order chi connectivity index (χ1) is 15.6. The van der Waals surface area contributed by atoms with Crippen molar-refractivity contribution in [1.29, 1.82) is 0 Å². The molecule has 0 atom stereocenters. The van der Waals surface area contributed by atoms with Gasteiger partial charge in [0, 0.05) is 42.1 Å². The van der Waals surface area contributed by atoms with Crippen molar-refractivity contribution in [2.45, 2.75) is 39.7 Å². The Morgan fingerprint density at radius 1 is 1.12 bits per heavy atom. The molecule has 10 heteroatoms. The number of anilines is 1. The normalized spacial score (nSPS) is 11.9. The number of hydrogen-bond acceptors (Lipinski definition) is 5. The van der Waals surface area contributed by atoms with Gasteiger partial charge in [-0.3, -0.25) is 9.67 Å². The zero-order valence-corrected chi connectivity index (χ0v) is 18.8. The molecule has 4 rings (SSSR count). The number of alkyl halides is 3. The standard InChI is InChI=1S/C23H22ClF3N6/c1-13-5-21(28)31-14(2)19(13)10-29-8-17-12-33(32-22(17)23(25,26)27)11-15-3-4-20-16(6-15)7-18(24)9-30-20/h3-7,9,12,29H,8,10-11H2,1-2H3,(H2,28,31). The van der Waals surface area contributed by atoms with Crippen LogP contribution in [0.15, 0.2) is 42.7 Å². The van der Waals surface area contributed by atoms with Crippen LogP contribution in [0.5, 0.6) is 0 Å². The van der Waals surface area contributed by atoms with Gasteiger partial charge in [0.05, 0.1) is 17.1 Å². The first-order valence-electron chi connectivity index (χ1n) is 10.2. The number of pyridine rings is 2. The van der Waals surface area contributed by atoms with Crippen molar-refractivity contribution >= 4 is 28.3 Å². The molecular weight excluding hydrogens is 453 g/mol. The van der Waals surface area contributed by atoms with E-state index >= 15 is 0 Å². The molecule has 0 amide bonds. The maximum atomic E-state index is 13.6. The first kappa shape index (κ1) is 23.0. The summed E-state index contributed by atoms with van der Waals surface area (Å²) in [6.07, 6.45) is -1.58. The van der Waals surface area contributed by atoms with Crippen molar-refractivity contribution in [3.63, 3.8) is 0 Å². The number of nitrogens with one attached hydrogen (secondary N) is 1. The molecule has 0 saturated heterocycles. The van der Waals surface area contributed by atoms with Crippen LogP contribution in [0, 0.1) is 13.8 Å². The van der Waals surface area contributed by atoms with Crippen molar-refractivity contribution in [3.8, 4) is 0 Å². The van der Waals surface area contributed by atoms with Crippen molar-refractivity contribution in [2.75, 3.05) is 5.73 Å². The maximum absolute atomic E-state index is 13.6. The Morgan fingerprint density at radius 3 is 2.64 bits per heavy atom. The van der Waals surface area contributed by atoms with Gasteiger partial charge in [0.15, 0.2) is 5.69 Å². The van der Waals surface area contributed by atoms with Crippen LogP contribution in [0.3, 0.4) is 0 Å². The van der Waals surface area contributed by atoms with E-state index < -0.39 is 11.9 Å². The predicted molar refractivity (Wildman–Crippen MR) is 122 cm³/mol. The van der Waals surface area contributed by atoms with Gasteiger partial charge in [-0.15, -0.1) is 0 Å². The van der Waals surface area contributed by atoms with Gasteiger partial charge in [-0.1, -0.05) is 17.7 Å². The number of benzene rings is 1. The maximum Gasteiger partial charge on any atom is 0.435 e. The lowest BCUT2D eigenvalue weighted by Gasteiger charge is -2.12. The molecule has 0 spiro atoms. The van der Waals surface area contributed by atoms with Crippen LogP contribution in [-0.4, -0.2) is 19.7 Å². The summed E-state index contributed by atoms with van der Waals surface area (Å²) in [5.41, 5.74) is 9.06. The molecule has 6 nitrogen and oxygen atoms in total. The molecule has 172 valence electrons. The highest BCUT2D eigenvalue weighted by atomic mass is 35.5. The van der Waals surface area contributed by atoms with E-state index in [2.05, 4.69) is 20.4 Å². The molecule has 33 heavy (non-hydrogen) atoms. The van der Waals surface area contributed by atoms with Gasteiger partial charge in [0.25, 0.3) is 0 Å². The van der Waals surface area contributed by atoms with E-state index in [4.69, 9.17) is 17.3 Å². The van der Waals surface area contributed by atoms with Crippen LogP contribution >= 0.6 is 11.6 Å². The largest absolute Gasteiger partial charge is 0.435 e. The van der Waals surface area contributed by atoms with Gasteiger partial charge < -0.3 is 11.1 Å². The molecule has 0 aliphatic heterocycles. The van der Waals surface area contributed by atoms with Crippen molar-refractivity contribution < 1.29 is 13.2 Å². The number of aromatic nitrogens is 4. The predicted octanol–water partition coefficient (Wildman–Crippen LogP) is 5.04. The second-order valence-corrected chi connectivity index (χ2v) is 8.35. The topological polar surface area (TPSA) is 81.6 Å². The van der Waals surface area contributed by atoms with Crippen LogP contribution < -0.4 is 11.1 Å². The average molecular weight is 475 g/mol. The summed E-state index contributed by atoms with van der Waals surface area (Å²) in [5, 5.41) is 8.22. The zero-order chi connectivity index (χ0) is 23.8. The second-order valence-electron chi connectivity index (χ2n) is 7.91. The Bertz CT molecular complexity index is 1290. The summed E-state index contributed by atoms with van der Waals surface area (Å²) < 4.78 is 42.2. The highest BCUT2D eigenvalue weighted by Gasteiger charge is 2.37. The minimum Gasteiger partial charge on any atom is -0.384 e. The zero-order valence-electron chi connectivity index (χ0n) is 18.0. The Balaban J connectivity index is 1.54. The number of rotatable bonds is 6. The summed E-state index contributed by atoms with van der Waals surface area (Å²) >= 11 is 6.00. The van der Waals surface area contributed by atoms with Crippen LogP contribution in [0.25, 0.3) is 10.9 Å². The van der Waals surface area contributed by atoms with E-state index in [0.29, 0.717) is 17.4 Å². The third-order valence-corrected chi connectivity index (χ3v) is 5.56. The van der Waals surface area contributed by atoms with E-state index in [1.807, 2.05) is 32.0 Å². The molecule has 0 saturated carbocycles. The molecule has 0 radical (unpaired) electrons. The van der Waals surface area contributed by atoms with E-state index in [1.54, 1.807) is 18.3 Å². The fraction of sp³-hybridized carbons (Fsp3) is 0.261. The smallest absolute Gasteiger partial charge is 0.384 e. The second kappa shape index (κ2) is 8.99. The lowest BCUT2D eigenvalue weighted by atomic mass is 10.1. The molecule has 3 aromatic heterocycles. The van der Waals surface area contributed by atoms with Gasteiger partial charge in [0.2, 0.25) is 0 Å². The van der Waals surface area contributed by atoms with Crippen molar-refractivity contribution in [3.05, 3.63) is 81.4 Å². The highest BCUT2D eigenvalue weighted by Crippen LogP contribution is 2.31. The number of aryl methyl sites for hydroxylation is 2. The molecule has 0 bridgehead atoms. The fourth-order valence-electron chi connectivity index (χ4n) is 3.83. The minimum absolute atomic E-state index is 0.00927. The van der Waals surface area contributed by atoms with Crippen LogP contribution in [0.4, 0.5) is 19.0 Å². The molecule has 0 aliphatic carbocycles. The SMILES string of the molecule is Cc1cc(N)nc(C)c1CNCc1cn(Cc2ccc3ncc(Cl)cc3c2)nc1C(F)(F)F. The molecule has 3 N–H and O–H groups in total. The molecule has 0 aliphatic rings. The third kappa shape index (κ3) is 5.26. The molecule has 0 fully saturated rings. The highest BCUT2D eigenvalue weighted by molar-refractivity contribution is 6.31. The number of nitrogens with zero attached hydrogens (tertiary/aromatic N) is 4. The quantitative estimate of drug-likeness (QED) is 0.409. The van der Waals surface area contributed by atoms with Crippen molar-refractivity contribution in [2.24, 2.45) is 0 Å². The van der Waals surface area contributed by atoms with E-state index in [9.17, 15) is 13.2 Å². The summed E-state index contributed by atoms with van der Waals surface area (Å²) in [6.45, 7) is 4.28. The Morgan fingerprint density at radius 2 is 1.91 bits per heavy atom. The molecule has 3 heterocycles. The number of nitrogen functional groups attached to an aromatic ring is 1. The fourth-order valence-corrected chi connectivity index (χ4v) is 3.99. The molecule has 1 aromatic carbocycles. The summed E-state index contributed by atoms with van der Waals surface area (Å²) in [5.74, 6) is 0.418. The number of fused-ring (bicyclic) bond motifs is 1. The minimum atomic E-state index is -4.56. The Kier molecular flexibility index (Phi) is 6.27. The van der Waals surface area contributed by atoms with Gasteiger partial charge in [-0.25, -0.2) is 4.98 Å². The third-order valence-electron chi connectivity index (χ3n) is 5.35. The van der Waals surface area contributed by atoms with Crippen LogP contribution in [-0.2, 0) is 25.8 Å². The summed E-state index contributed by atoms with van der Waals surface area (Å²) in [4.78, 5) is 8.46. The van der Waals surface area contributed by atoms with Gasteiger partial charge >= 0.3 is 6.18 Å². The molecular formula is C23H22ClF3N6. The van der Waals surface area contributed by atoms with Crippen LogP contribution in [0.1, 0.15) is 33.6 Å². The Labute approximate surface area is 193 Å². The lowest BCUT2D eigenvalue weighted by Crippen LogP contribution is -2.18. The number of hydrogen-bond donors (Lipinski definition) is 2. The monoisotopic (exact) mass is 474 g/mol. The van der Waals surface area contributed by atoms with E-state index in [1.165, 1.54) is 10.9 Å². The number of nitrogens with two attached hydrogens (primary N) is 1. The lowest BCUT2D eigenvalue weighted by molar-refractivity contribution is -0.142. The van der Waals surface area contributed by atoms with Gasteiger partial charge in [-0.2, -0.15) is 18.3 Å². The van der Waals surface area contributed by atoms with E-state index in [-0.39, 0.29) is 18.7 Å².